The third-order valence-corrected chi connectivity index (χ3v) is 8.45. The molecule has 0 aromatic heterocycles. The molecule has 4 rings (SSSR count). The molecule has 3 aromatic rings. The van der Waals surface area contributed by atoms with Gasteiger partial charge in [0.05, 0.1) is 23.9 Å². The summed E-state index contributed by atoms with van der Waals surface area (Å²) in [6.07, 6.45) is 1.76. The van der Waals surface area contributed by atoms with Gasteiger partial charge in [-0.25, -0.2) is 13.8 Å². The predicted octanol–water partition coefficient (Wildman–Crippen LogP) is 3.84. The van der Waals surface area contributed by atoms with E-state index in [2.05, 4.69) is 10.5 Å². The number of rotatable bonds is 10. The van der Waals surface area contributed by atoms with Crippen molar-refractivity contribution in [1.82, 2.24) is 5.43 Å². The van der Waals surface area contributed by atoms with Crippen LogP contribution in [0.2, 0.25) is 0 Å². The minimum atomic E-state index is -4.01. The van der Waals surface area contributed by atoms with Crippen LogP contribution in [0.1, 0.15) is 11.1 Å². The van der Waals surface area contributed by atoms with E-state index in [1.54, 1.807) is 36.4 Å². The van der Waals surface area contributed by atoms with E-state index in [0.717, 1.165) is 32.7 Å². The van der Waals surface area contributed by atoms with Crippen molar-refractivity contribution in [2.75, 3.05) is 29.5 Å². The lowest BCUT2D eigenvalue weighted by molar-refractivity contribution is -0.119. The molecule has 1 heterocycles. The van der Waals surface area contributed by atoms with E-state index in [9.17, 15) is 13.2 Å². The lowest BCUT2D eigenvalue weighted by Gasteiger charge is -2.25. The Hall–Kier alpha value is -3.50. The van der Waals surface area contributed by atoms with Gasteiger partial charge in [0, 0.05) is 11.5 Å². The summed E-state index contributed by atoms with van der Waals surface area (Å²) in [7, 11) is -2.49. The second-order valence-electron chi connectivity index (χ2n) is 8.16. The number of hydrogen-bond acceptors (Lipinski definition) is 7. The maximum absolute atomic E-state index is 13.4. The van der Waals surface area contributed by atoms with Gasteiger partial charge in [0.1, 0.15) is 24.1 Å². The van der Waals surface area contributed by atoms with E-state index < -0.39 is 22.5 Å². The summed E-state index contributed by atoms with van der Waals surface area (Å²) in [4.78, 5) is 12.8. The van der Waals surface area contributed by atoms with Crippen LogP contribution in [0.3, 0.4) is 0 Å². The summed E-state index contributed by atoms with van der Waals surface area (Å²) in [5, 5.41) is 3.99. The van der Waals surface area contributed by atoms with E-state index >= 15 is 0 Å². The third kappa shape index (κ3) is 6.38. The fourth-order valence-electron chi connectivity index (χ4n) is 3.35. The Morgan fingerprint density at radius 3 is 2.25 bits per heavy atom. The number of hydrogen-bond donors (Lipinski definition) is 1. The van der Waals surface area contributed by atoms with Crippen LogP contribution < -0.4 is 19.2 Å². The van der Waals surface area contributed by atoms with E-state index in [1.807, 2.05) is 43.0 Å². The van der Waals surface area contributed by atoms with Crippen molar-refractivity contribution in [2.45, 2.75) is 17.9 Å². The first-order chi connectivity index (χ1) is 17.3. The van der Waals surface area contributed by atoms with Gasteiger partial charge in [-0.2, -0.15) is 16.9 Å². The Morgan fingerprint density at radius 2 is 1.67 bits per heavy atom. The SMILES string of the molecule is COc1ccc(N(CC(=O)N/N=C\c2ccc(OC3CSC3)cc2)S(=O)(=O)c2ccc(C)cc2)cc1. The Kier molecular flexibility index (Phi) is 8.17. The lowest BCUT2D eigenvalue weighted by atomic mass is 10.2. The third-order valence-electron chi connectivity index (χ3n) is 5.45. The van der Waals surface area contributed by atoms with Crippen LogP contribution in [-0.2, 0) is 14.8 Å². The molecule has 1 fully saturated rings. The average Bonchev–Trinajstić information content (AvgIpc) is 2.86. The van der Waals surface area contributed by atoms with Gasteiger partial charge in [0.25, 0.3) is 15.9 Å². The number of aryl methyl sites for hydroxylation is 1. The second-order valence-corrected chi connectivity index (χ2v) is 11.1. The molecule has 0 bridgehead atoms. The first-order valence-electron chi connectivity index (χ1n) is 11.2. The van der Waals surface area contributed by atoms with Gasteiger partial charge in [-0.05, 0) is 73.2 Å². The van der Waals surface area contributed by atoms with Crippen molar-refractivity contribution in [2.24, 2.45) is 5.10 Å². The molecule has 36 heavy (non-hydrogen) atoms. The van der Waals surface area contributed by atoms with Gasteiger partial charge in [-0.15, -0.1) is 0 Å². The summed E-state index contributed by atoms with van der Waals surface area (Å²) in [5.41, 5.74) is 4.44. The van der Waals surface area contributed by atoms with Crippen molar-refractivity contribution in [3.63, 3.8) is 0 Å². The second kappa shape index (κ2) is 11.5. The number of sulfonamides is 1. The molecule has 8 nitrogen and oxygen atoms in total. The molecular formula is C26H27N3O5S2. The van der Waals surface area contributed by atoms with Crippen molar-refractivity contribution in [3.8, 4) is 11.5 Å². The van der Waals surface area contributed by atoms with E-state index in [1.165, 1.54) is 25.5 Å². The number of nitrogens with zero attached hydrogens (tertiary/aromatic N) is 2. The highest BCUT2D eigenvalue weighted by atomic mass is 32.2. The van der Waals surface area contributed by atoms with E-state index in [0.29, 0.717) is 11.4 Å². The number of methoxy groups -OCH3 is 1. The number of carbonyl (C=O) groups is 1. The molecule has 0 saturated carbocycles. The predicted molar refractivity (Wildman–Crippen MR) is 143 cm³/mol. The van der Waals surface area contributed by atoms with Gasteiger partial charge in [0.2, 0.25) is 0 Å². The number of thioether (sulfide) groups is 1. The summed E-state index contributed by atoms with van der Waals surface area (Å²) >= 11 is 1.85. The van der Waals surface area contributed by atoms with Gasteiger partial charge >= 0.3 is 0 Å². The van der Waals surface area contributed by atoms with E-state index in [4.69, 9.17) is 9.47 Å². The summed E-state index contributed by atoms with van der Waals surface area (Å²) < 4.78 is 38.9. The smallest absolute Gasteiger partial charge is 0.264 e. The number of benzene rings is 3. The number of anilines is 1. The number of hydrazone groups is 1. The first-order valence-corrected chi connectivity index (χ1v) is 13.8. The molecule has 1 amide bonds. The standard InChI is InChI=1S/C26H27N3O5S2/c1-19-3-13-25(14-4-19)36(31,32)29(21-7-11-22(33-2)12-8-21)16-26(30)28-27-15-20-5-9-23(10-6-20)34-24-17-35-18-24/h3-15,24H,16-18H2,1-2H3,(H,28,30)/b27-15-. The van der Waals surface area contributed by atoms with Crippen LogP contribution in [0.4, 0.5) is 5.69 Å². The number of amides is 1. The van der Waals surface area contributed by atoms with Crippen molar-refractivity contribution >= 4 is 39.6 Å². The van der Waals surface area contributed by atoms with Crippen molar-refractivity contribution < 1.29 is 22.7 Å². The van der Waals surface area contributed by atoms with Crippen molar-refractivity contribution in [3.05, 3.63) is 83.9 Å². The summed E-state index contributed by atoms with van der Waals surface area (Å²) in [6, 6.07) is 20.3. The highest BCUT2D eigenvalue weighted by molar-refractivity contribution is 8.00. The number of carbonyl (C=O) groups excluding carboxylic acids is 1. The highest BCUT2D eigenvalue weighted by Gasteiger charge is 2.27. The van der Waals surface area contributed by atoms with Crippen LogP contribution >= 0.6 is 11.8 Å². The fourth-order valence-corrected chi connectivity index (χ4v) is 5.34. The number of nitrogens with one attached hydrogen (secondary N) is 1. The molecule has 0 spiro atoms. The maximum Gasteiger partial charge on any atom is 0.264 e. The quantitative estimate of drug-likeness (QED) is 0.319. The molecular weight excluding hydrogens is 498 g/mol. The Balaban J connectivity index is 1.46. The summed E-state index contributed by atoms with van der Waals surface area (Å²) in [5.74, 6) is 2.78. The van der Waals surface area contributed by atoms with Gasteiger partial charge in [-0.3, -0.25) is 9.10 Å². The van der Waals surface area contributed by atoms with Crippen LogP contribution in [0.25, 0.3) is 0 Å². The van der Waals surface area contributed by atoms with Crippen LogP contribution in [-0.4, -0.2) is 51.8 Å². The summed E-state index contributed by atoms with van der Waals surface area (Å²) in [6.45, 7) is 1.42. The average molecular weight is 526 g/mol. The molecule has 1 N–H and O–H groups in total. The minimum Gasteiger partial charge on any atom is -0.497 e. The normalized spacial score (nSPS) is 13.7. The minimum absolute atomic E-state index is 0.0861. The first kappa shape index (κ1) is 25.6. The Labute approximate surface area is 215 Å². The Bertz CT molecular complexity index is 1310. The van der Waals surface area contributed by atoms with Crippen LogP contribution in [0, 0.1) is 6.92 Å². The molecule has 1 saturated heterocycles. The zero-order chi connectivity index (χ0) is 25.5. The largest absolute Gasteiger partial charge is 0.497 e. The molecule has 1 aliphatic rings. The zero-order valence-electron chi connectivity index (χ0n) is 20.0. The molecule has 188 valence electrons. The lowest BCUT2D eigenvalue weighted by Crippen LogP contribution is -2.39. The van der Waals surface area contributed by atoms with Gasteiger partial charge < -0.3 is 9.47 Å². The molecule has 10 heteroatoms. The van der Waals surface area contributed by atoms with Gasteiger partial charge in [0.15, 0.2) is 0 Å². The fraction of sp³-hybridized carbons (Fsp3) is 0.231. The van der Waals surface area contributed by atoms with E-state index in [-0.39, 0.29) is 11.0 Å². The van der Waals surface area contributed by atoms with Crippen LogP contribution in [0.15, 0.2) is 82.8 Å². The molecule has 0 unspecified atom stereocenters. The zero-order valence-corrected chi connectivity index (χ0v) is 21.6. The van der Waals surface area contributed by atoms with Crippen LogP contribution in [0.5, 0.6) is 11.5 Å². The molecule has 3 aromatic carbocycles. The Morgan fingerprint density at radius 1 is 1.03 bits per heavy atom. The molecule has 0 radical (unpaired) electrons. The number of ether oxygens (including phenoxy) is 2. The topological polar surface area (TPSA) is 97.3 Å². The van der Waals surface area contributed by atoms with Crippen molar-refractivity contribution in [1.29, 1.82) is 0 Å². The monoisotopic (exact) mass is 525 g/mol. The molecule has 0 atom stereocenters. The maximum atomic E-state index is 13.4. The highest BCUT2D eigenvalue weighted by Crippen LogP contribution is 2.26. The molecule has 1 aliphatic heterocycles. The molecule has 0 aliphatic carbocycles. The van der Waals surface area contributed by atoms with Gasteiger partial charge in [-0.1, -0.05) is 17.7 Å².